The second-order valence-corrected chi connectivity index (χ2v) is 14.6. The van der Waals surface area contributed by atoms with Crippen molar-refractivity contribution < 1.29 is 0 Å². The fraction of sp³-hybridized carbons (Fsp3) is 0.0612. The second kappa shape index (κ2) is 10.7. The Labute approximate surface area is 301 Å². The van der Waals surface area contributed by atoms with Crippen LogP contribution in [0.3, 0.4) is 0 Å². The SMILES string of the molecule is CC1(C)c2cc(-c3ccc(-n4c5ccccc5c5ccccc54)cc3)ccc2-c2ccc(-c3ccc4c(c3)c3ccccc3c3nccnc43)cc21. The van der Waals surface area contributed by atoms with Gasteiger partial charge < -0.3 is 4.57 Å². The number of hydrogen-bond acceptors (Lipinski definition) is 2. The lowest BCUT2D eigenvalue weighted by Gasteiger charge is -2.23. The minimum Gasteiger partial charge on any atom is -0.309 e. The summed E-state index contributed by atoms with van der Waals surface area (Å²) >= 11 is 0. The zero-order chi connectivity index (χ0) is 34.6. The number of rotatable bonds is 3. The second-order valence-electron chi connectivity index (χ2n) is 14.6. The van der Waals surface area contributed by atoms with E-state index in [1.54, 1.807) is 12.4 Å². The Morgan fingerprint density at radius 3 is 1.48 bits per heavy atom. The van der Waals surface area contributed by atoms with Crippen LogP contribution in [-0.4, -0.2) is 14.5 Å². The van der Waals surface area contributed by atoms with Crippen molar-refractivity contribution in [3.63, 3.8) is 0 Å². The molecular weight excluding hydrogens is 631 g/mol. The summed E-state index contributed by atoms with van der Waals surface area (Å²) in [6.45, 7) is 4.74. The minimum atomic E-state index is -0.144. The largest absolute Gasteiger partial charge is 0.309 e. The van der Waals surface area contributed by atoms with Crippen LogP contribution >= 0.6 is 0 Å². The molecule has 10 aromatic rings. The van der Waals surface area contributed by atoms with E-state index in [1.807, 2.05) is 0 Å². The van der Waals surface area contributed by atoms with Gasteiger partial charge in [0.15, 0.2) is 0 Å². The lowest BCUT2D eigenvalue weighted by atomic mass is 9.80. The summed E-state index contributed by atoms with van der Waals surface area (Å²) < 4.78 is 2.38. The molecule has 8 aromatic carbocycles. The molecule has 0 N–H and O–H groups in total. The van der Waals surface area contributed by atoms with Gasteiger partial charge >= 0.3 is 0 Å². The monoisotopic (exact) mass is 663 g/mol. The molecule has 0 saturated carbocycles. The maximum Gasteiger partial charge on any atom is 0.0971 e. The van der Waals surface area contributed by atoms with E-state index in [1.165, 1.54) is 82.8 Å². The first-order valence-electron chi connectivity index (χ1n) is 18.0. The van der Waals surface area contributed by atoms with Crippen molar-refractivity contribution >= 4 is 54.4 Å². The van der Waals surface area contributed by atoms with Crippen molar-refractivity contribution in [2.75, 3.05) is 0 Å². The zero-order valence-electron chi connectivity index (χ0n) is 28.9. The molecule has 3 heteroatoms. The Morgan fingerprint density at radius 1 is 0.404 bits per heavy atom. The lowest BCUT2D eigenvalue weighted by molar-refractivity contribution is 0.661. The van der Waals surface area contributed by atoms with Crippen molar-refractivity contribution in [3.05, 3.63) is 175 Å². The fourth-order valence-electron chi connectivity index (χ4n) is 8.91. The van der Waals surface area contributed by atoms with Gasteiger partial charge in [-0.3, -0.25) is 9.97 Å². The van der Waals surface area contributed by atoms with E-state index >= 15 is 0 Å². The highest BCUT2D eigenvalue weighted by Crippen LogP contribution is 2.51. The molecule has 0 saturated heterocycles. The fourth-order valence-corrected chi connectivity index (χ4v) is 8.91. The average molecular weight is 664 g/mol. The van der Waals surface area contributed by atoms with Crippen molar-refractivity contribution in [3.8, 4) is 39.1 Å². The first-order valence-corrected chi connectivity index (χ1v) is 18.0. The van der Waals surface area contributed by atoms with Gasteiger partial charge in [-0.25, -0.2) is 0 Å². The maximum absolute atomic E-state index is 4.75. The van der Waals surface area contributed by atoms with Crippen LogP contribution in [-0.2, 0) is 5.41 Å². The third-order valence-corrected chi connectivity index (χ3v) is 11.5. The highest BCUT2D eigenvalue weighted by atomic mass is 15.0. The topological polar surface area (TPSA) is 30.7 Å². The summed E-state index contributed by atoms with van der Waals surface area (Å²) in [4.78, 5) is 9.47. The summed E-state index contributed by atoms with van der Waals surface area (Å²) in [7, 11) is 0. The normalized spacial score (nSPS) is 13.3. The molecule has 0 amide bonds. The summed E-state index contributed by atoms with van der Waals surface area (Å²) in [5.41, 5.74) is 15.7. The van der Waals surface area contributed by atoms with Gasteiger partial charge in [-0.05, 0) is 97.7 Å². The molecule has 0 spiro atoms. The van der Waals surface area contributed by atoms with Gasteiger partial charge in [-0.2, -0.15) is 0 Å². The quantitative estimate of drug-likeness (QED) is 0.176. The van der Waals surface area contributed by atoms with Crippen LogP contribution in [0.2, 0.25) is 0 Å². The number of fused-ring (bicyclic) bond motifs is 12. The van der Waals surface area contributed by atoms with Gasteiger partial charge in [0.25, 0.3) is 0 Å². The van der Waals surface area contributed by atoms with E-state index in [0.29, 0.717) is 0 Å². The predicted molar refractivity (Wildman–Crippen MR) is 217 cm³/mol. The minimum absolute atomic E-state index is 0.144. The Hall–Kier alpha value is -6.58. The number of nitrogens with zero attached hydrogens (tertiary/aromatic N) is 3. The smallest absolute Gasteiger partial charge is 0.0971 e. The number of para-hydroxylation sites is 2. The molecule has 2 aromatic heterocycles. The van der Waals surface area contributed by atoms with Crippen molar-refractivity contribution in [2.24, 2.45) is 0 Å². The van der Waals surface area contributed by atoms with Gasteiger partial charge in [-0.1, -0.05) is 123 Å². The molecule has 0 radical (unpaired) electrons. The molecule has 0 aliphatic heterocycles. The Balaban J connectivity index is 0.970. The summed E-state index contributed by atoms with van der Waals surface area (Å²) in [6.07, 6.45) is 3.57. The van der Waals surface area contributed by atoms with E-state index in [4.69, 9.17) is 9.97 Å². The Kier molecular flexibility index (Phi) is 6.01. The van der Waals surface area contributed by atoms with Gasteiger partial charge in [0, 0.05) is 45.0 Å². The molecule has 11 rings (SSSR count). The van der Waals surface area contributed by atoms with E-state index in [2.05, 4.69) is 170 Å². The average Bonchev–Trinajstić information content (AvgIpc) is 3.66. The molecule has 1 aliphatic carbocycles. The number of benzene rings is 8. The molecule has 0 unspecified atom stereocenters. The van der Waals surface area contributed by atoms with Crippen LogP contribution < -0.4 is 0 Å². The van der Waals surface area contributed by atoms with Crippen LogP contribution in [0.25, 0.3) is 93.5 Å². The van der Waals surface area contributed by atoms with E-state index in [0.717, 1.165) is 21.8 Å². The van der Waals surface area contributed by atoms with Crippen LogP contribution in [0.5, 0.6) is 0 Å². The van der Waals surface area contributed by atoms with Gasteiger partial charge in [0.2, 0.25) is 0 Å². The van der Waals surface area contributed by atoms with Crippen LogP contribution in [0.15, 0.2) is 164 Å². The number of hydrogen-bond donors (Lipinski definition) is 0. The third-order valence-electron chi connectivity index (χ3n) is 11.5. The van der Waals surface area contributed by atoms with Crippen molar-refractivity contribution in [2.45, 2.75) is 19.3 Å². The number of aromatic nitrogens is 3. The summed E-state index contributed by atoms with van der Waals surface area (Å²) in [6, 6.07) is 55.8. The van der Waals surface area contributed by atoms with Crippen molar-refractivity contribution in [1.29, 1.82) is 0 Å². The molecular formula is C49H33N3. The van der Waals surface area contributed by atoms with Crippen LogP contribution in [0, 0.1) is 0 Å². The molecule has 2 heterocycles. The lowest BCUT2D eigenvalue weighted by Crippen LogP contribution is -2.15. The molecule has 0 fully saturated rings. The van der Waals surface area contributed by atoms with Crippen molar-refractivity contribution in [1.82, 2.24) is 14.5 Å². The van der Waals surface area contributed by atoms with Gasteiger partial charge in [0.1, 0.15) is 0 Å². The molecule has 1 aliphatic rings. The molecule has 0 bridgehead atoms. The van der Waals surface area contributed by atoms with Gasteiger partial charge in [-0.15, -0.1) is 0 Å². The van der Waals surface area contributed by atoms with Crippen LogP contribution in [0.1, 0.15) is 25.0 Å². The van der Waals surface area contributed by atoms with Gasteiger partial charge in [0.05, 0.1) is 22.1 Å². The molecule has 0 atom stereocenters. The highest BCUT2D eigenvalue weighted by molar-refractivity contribution is 6.23. The first-order chi connectivity index (χ1) is 25.5. The van der Waals surface area contributed by atoms with E-state index < -0.39 is 0 Å². The predicted octanol–water partition coefficient (Wildman–Crippen LogP) is 12.7. The first kappa shape index (κ1) is 29.2. The highest BCUT2D eigenvalue weighted by Gasteiger charge is 2.36. The summed E-state index contributed by atoms with van der Waals surface area (Å²) in [5, 5.41) is 7.24. The molecule has 3 nitrogen and oxygen atoms in total. The molecule has 244 valence electrons. The zero-order valence-corrected chi connectivity index (χ0v) is 28.9. The third kappa shape index (κ3) is 4.08. The molecule has 52 heavy (non-hydrogen) atoms. The van der Waals surface area contributed by atoms with E-state index in [-0.39, 0.29) is 5.41 Å². The summed E-state index contributed by atoms with van der Waals surface area (Å²) in [5.74, 6) is 0. The van der Waals surface area contributed by atoms with Crippen LogP contribution in [0.4, 0.5) is 0 Å². The standard InChI is InChI=1S/C49H33N3/c1-49(2)43-28-32(30-15-20-34(21-16-30)52-45-13-7-5-10-38(45)39-11-6-8-14-46(39)52)17-22-36(43)37-23-18-33(29-44(37)49)31-19-24-41-42(27-31)35-9-3-4-12-40(35)47-48(41)51-26-25-50-47/h3-29H,1-2H3. The maximum atomic E-state index is 4.75. The Bertz CT molecular complexity index is 3000. The Morgan fingerprint density at radius 2 is 0.865 bits per heavy atom. The van der Waals surface area contributed by atoms with E-state index in [9.17, 15) is 0 Å².